The molecule has 1 atom stereocenters. The topological polar surface area (TPSA) is 78.4 Å². The second kappa shape index (κ2) is 8.85. The highest BCUT2D eigenvalue weighted by atomic mass is 32.1. The monoisotopic (exact) mass is 427 g/mol. The second-order valence-corrected chi connectivity index (χ2v) is 7.97. The number of aromatic nitrogens is 2. The molecule has 0 radical (unpaired) electrons. The Bertz CT molecular complexity index is 1050. The summed E-state index contributed by atoms with van der Waals surface area (Å²) in [6.07, 6.45) is 0.0873. The van der Waals surface area contributed by atoms with Crippen molar-refractivity contribution in [1.29, 1.82) is 0 Å². The van der Waals surface area contributed by atoms with E-state index in [-0.39, 0.29) is 24.1 Å². The largest absolute Gasteiger partial charge is 0.353 e. The second-order valence-electron chi connectivity index (χ2n) is 7.44. The Hall–Kier alpha value is -2.91. The van der Waals surface area contributed by atoms with Gasteiger partial charge in [0.15, 0.2) is 0 Å². The van der Waals surface area contributed by atoms with E-state index in [0.717, 1.165) is 33.9 Å². The first-order valence-electron chi connectivity index (χ1n) is 9.71. The van der Waals surface area contributed by atoms with E-state index in [0.29, 0.717) is 26.2 Å². The van der Waals surface area contributed by atoms with Gasteiger partial charge in [-0.15, -0.1) is 0 Å². The number of nitrogens with one attached hydrogen (secondary N) is 1. The normalized spacial score (nSPS) is 17.1. The molecule has 0 saturated carbocycles. The van der Waals surface area contributed by atoms with E-state index in [1.165, 1.54) is 12.1 Å². The number of halogens is 1. The number of hydrogen-bond acceptors (Lipinski definition) is 6. The van der Waals surface area contributed by atoms with Crippen LogP contribution in [0.4, 0.5) is 4.39 Å². The number of rotatable bonds is 6. The molecule has 0 aliphatic carbocycles. The van der Waals surface area contributed by atoms with Crippen LogP contribution < -0.4 is 5.32 Å². The van der Waals surface area contributed by atoms with Crippen molar-refractivity contribution >= 4 is 34.6 Å². The van der Waals surface area contributed by atoms with E-state index in [1.807, 2.05) is 23.1 Å². The molecule has 7 nitrogen and oxygen atoms in total. The molecule has 0 spiro atoms. The maximum atomic E-state index is 13.2. The molecule has 2 amide bonds. The van der Waals surface area contributed by atoms with Crippen LogP contribution in [0.5, 0.6) is 0 Å². The predicted octanol–water partition coefficient (Wildman–Crippen LogP) is 2.18. The summed E-state index contributed by atoms with van der Waals surface area (Å²) < 4.78 is 21.6. The minimum atomic E-state index is -0.552. The van der Waals surface area contributed by atoms with Gasteiger partial charge in [0.25, 0.3) is 0 Å². The van der Waals surface area contributed by atoms with Crippen molar-refractivity contribution in [2.45, 2.75) is 25.6 Å². The van der Waals surface area contributed by atoms with E-state index in [1.54, 1.807) is 24.1 Å². The van der Waals surface area contributed by atoms with Crippen molar-refractivity contribution in [2.24, 2.45) is 0 Å². The fraction of sp³-hybridized carbons (Fsp3) is 0.333. The number of carbonyl (C=O) groups excluding carboxylic acids is 2. The molecule has 9 heteroatoms. The Balaban J connectivity index is 1.41. The molecule has 156 valence electrons. The first-order valence-corrected chi connectivity index (χ1v) is 10.4. The fourth-order valence-electron chi connectivity index (χ4n) is 3.61. The molecule has 0 bridgehead atoms. The highest BCUT2D eigenvalue weighted by Crippen LogP contribution is 2.18. The fourth-order valence-corrected chi connectivity index (χ4v) is 4.12. The summed E-state index contributed by atoms with van der Waals surface area (Å²) in [5, 5.41) is 2.84. The molecular weight excluding hydrogens is 405 g/mol. The number of piperazine rings is 1. The van der Waals surface area contributed by atoms with E-state index in [2.05, 4.69) is 14.1 Å². The Morgan fingerprint density at radius 1 is 1.20 bits per heavy atom. The van der Waals surface area contributed by atoms with Crippen LogP contribution in [0.3, 0.4) is 0 Å². The summed E-state index contributed by atoms with van der Waals surface area (Å²) >= 11 is 1.16. The molecule has 2 aromatic carbocycles. The molecule has 1 aliphatic heterocycles. The Kier molecular flexibility index (Phi) is 6.01. The minimum Gasteiger partial charge on any atom is -0.353 e. The minimum absolute atomic E-state index is 0.0873. The van der Waals surface area contributed by atoms with Crippen LogP contribution in [-0.2, 0) is 22.7 Å². The standard InChI is InChI=1S/C21H22FN5O2S/c1-26(12-15-4-7-17-18(10-15)25-30-24-17)20(28)11-19-21(29)23-8-9-27(19)13-14-2-5-16(22)6-3-14/h2-7,10,19H,8-9,11-13H2,1H3,(H,23,29). The quantitative estimate of drug-likeness (QED) is 0.652. The Labute approximate surface area is 177 Å². The number of amides is 2. The maximum Gasteiger partial charge on any atom is 0.237 e. The van der Waals surface area contributed by atoms with Crippen LogP contribution in [0.15, 0.2) is 42.5 Å². The summed E-state index contributed by atoms with van der Waals surface area (Å²) in [5.41, 5.74) is 3.52. The molecule has 1 unspecified atom stereocenters. The van der Waals surface area contributed by atoms with Gasteiger partial charge in [-0.1, -0.05) is 18.2 Å². The van der Waals surface area contributed by atoms with Crippen LogP contribution in [0.25, 0.3) is 11.0 Å². The van der Waals surface area contributed by atoms with Crippen molar-refractivity contribution in [3.63, 3.8) is 0 Å². The van der Waals surface area contributed by atoms with Crippen LogP contribution in [0.1, 0.15) is 17.5 Å². The van der Waals surface area contributed by atoms with Crippen LogP contribution in [-0.4, -0.2) is 56.5 Å². The van der Waals surface area contributed by atoms with Crippen molar-refractivity contribution in [3.8, 4) is 0 Å². The van der Waals surface area contributed by atoms with E-state index >= 15 is 0 Å². The predicted molar refractivity (Wildman–Crippen MR) is 112 cm³/mol. The van der Waals surface area contributed by atoms with Gasteiger partial charge in [-0.2, -0.15) is 8.75 Å². The first kappa shape index (κ1) is 20.4. The third-order valence-electron chi connectivity index (χ3n) is 5.27. The van der Waals surface area contributed by atoms with E-state index in [9.17, 15) is 14.0 Å². The zero-order valence-electron chi connectivity index (χ0n) is 16.5. The summed E-state index contributed by atoms with van der Waals surface area (Å²) in [7, 11) is 1.73. The third-order valence-corrected chi connectivity index (χ3v) is 5.83. The van der Waals surface area contributed by atoms with Gasteiger partial charge in [0.1, 0.15) is 16.9 Å². The van der Waals surface area contributed by atoms with Gasteiger partial charge in [0, 0.05) is 33.2 Å². The Morgan fingerprint density at radius 3 is 2.73 bits per heavy atom. The van der Waals surface area contributed by atoms with E-state index in [4.69, 9.17) is 0 Å². The number of nitrogens with zero attached hydrogens (tertiary/aromatic N) is 4. The average Bonchev–Trinajstić information content (AvgIpc) is 3.20. The summed E-state index contributed by atoms with van der Waals surface area (Å²) in [6.45, 7) is 2.09. The number of carbonyl (C=O) groups is 2. The SMILES string of the molecule is CN(Cc1ccc2nsnc2c1)C(=O)CC1C(=O)NCCN1Cc1ccc(F)cc1. The molecule has 1 aromatic heterocycles. The zero-order valence-corrected chi connectivity index (χ0v) is 17.4. The summed E-state index contributed by atoms with van der Waals surface area (Å²) in [5.74, 6) is -0.562. The molecule has 4 rings (SSSR count). The number of fused-ring (bicyclic) bond motifs is 1. The molecule has 2 heterocycles. The number of hydrogen-bond donors (Lipinski definition) is 1. The molecular formula is C21H22FN5O2S. The highest BCUT2D eigenvalue weighted by molar-refractivity contribution is 7.00. The van der Waals surface area contributed by atoms with Gasteiger partial charge in [-0.05, 0) is 35.4 Å². The lowest BCUT2D eigenvalue weighted by atomic mass is 10.1. The van der Waals surface area contributed by atoms with Crippen molar-refractivity contribution in [2.75, 3.05) is 20.1 Å². The third kappa shape index (κ3) is 4.63. The maximum absolute atomic E-state index is 13.2. The van der Waals surface area contributed by atoms with Gasteiger partial charge < -0.3 is 10.2 Å². The lowest BCUT2D eigenvalue weighted by Gasteiger charge is -2.35. The lowest BCUT2D eigenvalue weighted by Crippen LogP contribution is -2.56. The highest BCUT2D eigenvalue weighted by Gasteiger charge is 2.32. The molecule has 1 saturated heterocycles. The first-order chi connectivity index (χ1) is 14.5. The molecule has 3 aromatic rings. The van der Waals surface area contributed by atoms with Gasteiger partial charge >= 0.3 is 0 Å². The zero-order chi connectivity index (χ0) is 21.1. The molecule has 1 aliphatic rings. The van der Waals surface area contributed by atoms with Gasteiger partial charge in [-0.3, -0.25) is 14.5 Å². The smallest absolute Gasteiger partial charge is 0.237 e. The van der Waals surface area contributed by atoms with Crippen molar-refractivity contribution in [1.82, 2.24) is 23.9 Å². The molecule has 30 heavy (non-hydrogen) atoms. The lowest BCUT2D eigenvalue weighted by molar-refractivity contribution is -0.138. The summed E-state index contributed by atoms with van der Waals surface area (Å²) in [4.78, 5) is 28.9. The number of benzene rings is 2. The summed E-state index contributed by atoms with van der Waals surface area (Å²) in [6, 6.07) is 11.4. The van der Waals surface area contributed by atoms with Gasteiger partial charge in [0.2, 0.25) is 11.8 Å². The van der Waals surface area contributed by atoms with E-state index < -0.39 is 6.04 Å². The van der Waals surface area contributed by atoms with Gasteiger partial charge in [0.05, 0.1) is 24.2 Å². The Morgan fingerprint density at radius 2 is 1.93 bits per heavy atom. The molecule has 1 N–H and O–H groups in total. The van der Waals surface area contributed by atoms with Crippen LogP contribution in [0.2, 0.25) is 0 Å². The van der Waals surface area contributed by atoms with Gasteiger partial charge in [-0.25, -0.2) is 4.39 Å². The average molecular weight is 428 g/mol. The van der Waals surface area contributed by atoms with Crippen LogP contribution in [0, 0.1) is 5.82 Å². The van der Waals surface area contributed by atoms with Crippen molar-refractivity contribution in [3.05, 3.63) is 59.4 Å². The van der Waals surface area contributed by atoms with Crippen LogP contribution >= 0.6 is 11.7 Å². The molecule has 1 fully saturated rings. The van der Waals surface area contributed by atoms with Crippen molar-refractivity contribution < 1.29 is 14.0 Å².